The Bertz CT molecular complexity index is 6300. The van der Waals surface area contributed by atoms with Gasteiger partial charge in [0.15, 0.2) is 5.82 Å². The summed E-state index contributed by atoms with van der Waals surface area (Å²) in [6.45, 7) is 0. The van der Waals surface area contributed by atoms with Gasteiger partial charge in [-0.1, -0.05) is 200 Å². The molecular formula is C86H52N6. The number of para-hydroxylation sites is 6. The molecule has 5 aromatic heterocycles. The van der Waals surface area contributed by atoms with Gasteiger partial charge in [-0.2, -0.15) is 0 Å². The summed E-state index contributed by atoms with van der Waals surface area (Å²) >= 11 is 0. The Labute approximate surface area is 528 Å². The van der Waals surface area contributed by atoms with E-state index in [0.29, 0.717) is 5.82 Å². The lowest BCUT2D eigenvalue weighted by molar-refractivity contribution is 1.16. The van der Waals surface area contributed by atoms with Crippen LogP contribution in [0.5, 0.6) is 0 Å². The van der Waals surface area contributed by atoms with Gasteiger partial charge in [-0.3, -0.25) is 0 Å². The highest BCUT2D eigenvalue weighted by Crippen LogP contribution is 2.52. The summed E-state index contributed by atoms with van der Waals surface area (Å²) in [6, 6.07) is 115. The summed E-state index contributed by atoms with van der Waals surface area (Å²) in [6.07, 6.45) is 0. The molecule has 0 spiro atoms. The van der Waals surface area contributed by atoms with Crippen molar-refractivity contribution in [3.05, 3.63) is 315 Å². The van der Waals surface area contributed by atoms with Crippen molar-refractivity contribution < 1.29 is 0 Å². The van der Waals surface area contributed by atoms with Crippen LogP contribution in [0, 0.1) is 0 Å². The van der Waals surface area contributed by atoms with Gasteiger partial charge in [0.1, 0.15) is 0 Å². The Hall–Kier alpha value is -12.4. The zero-order chi connectivity index (χ0) is 60.1. The van der Waals surface area contributed by atoms with Gasteiger partial charge in [-0.05, 0) is 143 Å². The fraction of sp³-hybridized carbons (Fsp3) is 0. The van der Waals surface area contributed by atoms with Crippen molar-refractivity contribution in [2.75, 3.05) is 0 Å². The number of hydrogen-bond donors (Lipinski definition) is 0. The summed E-state index contributed by atoms with van der Waals surface area (Å²) in [5.74, 6) is 0.681. The second kappa shape index (κ2) is 19.6. The van der Waals surface area contributed by atoms with E-state index in [1.54, 1.807) is 0 Å². The molecule has 20 rings (SSSR count). The average molecular weight is 1170 g/mol. The minimum atomic E-state index is 0.681. The third kappa shape index (κ3) is 7.37. The first-order chi connectivity index (χ1) is 45.6. The summed E-state index contributed by atoms with van der Waals surface area (Å²) in [5, 5.41) is 12.1. The van der Waals surface area contributed by atoms with Gasteiger partial charge in [-0.15, -0.1) is 0 Å². The smallest absolute Gasteiger partial charge is 0.160 e. The molecule has 0 saturated carbocycles. The van der Waals surface area contributed by atoms with Gasteiger partial charge in [0.05, 0.1) is 61.2 Å². The second-order valence-corrected chi connectivity index (χ2v) is 24.4. The Morgan fingerprint density at radius 1 is 0.207 bits per heavy atom. The number of aromatic nitrogens is 6. The molecule has 1 aliphatic rings. The van der Waals surface area contributed by atoms with E-state index in [-0.39, 0.29) is 0 Å². The van der Waals surface area contributed by atoms with Crippen molar-refractivity contribution in [1.29, 1.82) is 0 Å². The summed E-state index contributed by atoms with van der Waals surface area (Å²) in [7, 11) is 0. The van der Waals surface area contributed by atoms with Crippen molar-refractivity contribution in [3.63, 3.8) is 0 Å². The predicted octanol–water partition coefficient (Wildman–Crippen LogP) is 22.3. The Balaban J connectivity index is 0.701. The molecule has 0 bridgehead atoms. The van der Waals surface area contributed by atoms with Gasteiger partial charge in [0.2, 0.25) is 0 Å². The molecule has 0 N–H and O–H groups in total. The van der Waals surface area contributed by atoms with E-state index in [9.17, 15) is 0 Å². The maximum atomic E-state index is 5.65. The number of hydrogen-bond acceptors (Lipinski definition) is 2. The maximum Gasteiger partial charge on any atom is 0.160 e. The predicted molar refractivity (Wildman–Crippen MR) is 383 cm³/mol. The maximum absolute atomic E-state index is 5.65. The van der Waals surface area contributed by atoms with Crippen LogP contribution in [0.25, 0.3) is 188 Å². The van der Waals surface area contributed by atoms with Crippen molar-refractivity contribution >= 4 is 98.0 Å². The molecule has 1 aliphatic carbocycles. The van der Waals surface area contributed by atoms with Crippen molar-refractivity contribution in [1.82, 2.24) is 28.2 Å². The Kier molecular flexibility index (Phi) is 10.8. The lowest BCUT2D eigenvalue weighted by Gasteiger charge is -2.14. The zero-order valence-electron chi connectivity index (χ0n) is 49.7. The van der Waals surface area contributed by atoms with Crippen LogP contribution >= 0.6 is 0 Å². The fourth-order valence-electron chi connectivity index (χ4n) is 15.5. The number of rotatable bonds is 8. The van der Waals surface area contributed by atoms with Crippen LogP contribution in [-0.2, 0) is 0 Å². The van der Waals surface area contributed by atoms with Gasteiger partial charge < -0.3 is 18.3 Å². The standard InChI is InChI=1S/C86H52N6/c1-4-20-53(21-5-1)84-83-67-42-47-77(92-76-37-17-13-31-65(76)72-52-57(41-46-81(72)92)55-39-44-79-70(50-55)63-29-11-15-35-74(63)90(79)60-25-8-3-9-26-60)66-32-19-33-68(82(66)67)85(83)88-86(87-84)58-22-18-27-61(48-58)91-75-36-16-12-30-64(75)71-51-56(40-45-80(71)91)54-38-43-78-69(49-54)62-28-10-14-34-73(62)89(78)59-23-6-2-7-24-59/h1-52H. The average Bonchev–Trinajstić information content (AvgIpc) is 1.57. The molecule has 5 heterocycles. The normalized spacial score (nSPS) is 12.1. The van der Waals surface area contributed by atoms with E-state index in [2.05, 4.69) is 334 Å². The van der Waals surface area contributed by atoms with Gasteiger partial charge in [0, 0.05) is 93.2 Å². The zero-order valence-corrected chi connectivity index (χ0v) is 49.7. The van der Waals surface area contributed by atoms with Crippen LogP contribution in [0.15, 0.2) is 315 Å². The molecule has 19 aromatic rings. The van der Waals surface area contributed by atoms with Crippen molar-refractivity contribution in [3.8, 4) is 90.0 Å². The van der Waals surface area contributed by atoms with Gasteiger partial charge in [-0.25, -0.2) is 9.97 Å². The molecule has 6 heteroatoms. The van der Waals surface area contributed by atoms with Gasteiger partial charge in [0.25, 0.3) is 0 Å². The molecular weight excluding hydrogens is 1120 g/mol. The minimum absolute atomic E-state index is 0.681. The molecule has 0 atom stereocenters. The van der Waals surface area contributed by atoms with E-state index in [1.165, 1.54) is 98.2 Å². The molecule has 14 aromatic carbocycles. The van der Waals surface area contributed by atoms with E-state index in [0.717, 1.165) is 84.0 Å². The largest absolute Gasteiger partial charge is 0.309 e. The molecule has 0 unspecified atom stereocenters. The fourth-order valence-corrected chi connectivity index (χ4v) is 15.5. The van der Waals surface area contributed by atoms with E-state index in [4.69, 9.17) is 9.97 Å². The van der Waals surface area contributed by atoms with E-state index < -0.39 is 0 Å². The lowest BCUT2D eigenvalue weighted by atomic mass is 9.98. The molecule has 0 saturated heterocycles. The number of fused-ring (bicyclic) bond motifs is 15. The minimum Gasteiger partial charge on any atom is -0.309 e. The molecule has 426 valence electrons. The molecule has 0 fully saturated rings. The third-order valence-corrected chi connectivity index (χ3v) is 19.5. The molecule has 0 aliphatic heterocycles. The second-order valence-electron chi connectivity index (χ2n) is 24.4. The molecule has 92 heavy (non-hydrogen) atoms. The topological polar surface area (TPSA) is 45.5 Å². The Morgan fingerprint density at radius 3 is 1.08 bits per heavy atom. The first-order valence-electron chi connectivity index (χ1n) is 31.5. The van der Waals surface area contributed by atoms with E-state index in [1.807, 2.05) is 0 Å². The SMILES string of the molecule is c1ccc(-c2nc(-c3cccc(-n4c5ccccc5c5cc(-c6ccc7c(c6)c6ccccc6n7-c6ccccc6)ccc54)c3)nc3c2-c2ccc(-n4c5ccccc5c5cc(-c6ccc7c(c6)c6ccccc6n7-c6ccccc6)ccc54)c4cccc-3c24)cc1. The van der Waals surface area contributed by atoms with E-state index >= 15 is 0 Å². The van der Waals surface area contributed by atoms with Crippen molar-refractivity contribution in [2.24, 2.45) is 0 Å². The first kappa shape index (κ1) is 50.6. The van der Waals surface area contributed by atoms with Crippen LogP contribution in [0.1, 0.15) is 0 Å². The van der Waals surface area contributed by atoms with Crippen LogP contribution in [0.4, 0.5) is 0 Å². The third-order valence-electron chi connectivity index (χ3n) is 19.5. The highest BCUT2D eigenvalue weighted by molar-refractivity contribution is 6.21. The van der Waals surface area contributed by atoms with Gasteiger partial charge >= 0.3 is 0 Å². The summed E-state index contributed by atoms with van der Waals surface area (Å²) < 4.78 is 9.63. The quantitative estimate of drug-likeness (QED) is 0.152. The highest BCUT2D eigenvalue weighted by Gasteiger charge is 2.30. The van der Waals surface area contributed by atoms with Crippen LogP contribution in [0.3, 0.4) is 0 Å². The number of nitrogens with zero attached hydrogens (tertiary/aromatic N) is 6. The van der Waals surface area contributed by atoms with Crippen LogP contribution in [-0.4, -0.2) is 28.2 Å². The number of benzene rings is 14. The van der Waals surface area contributed by atoms with Crippen LogP contribution < -0.4 is 0 Å². The summed E-state index contributed by atoms with van der Waals surface area (Å²) in [5.41, 5.74) is 25.8. The first-order valence-corrected chi connectivity index (χ1v) is 31.5. The highest BCUT2D eigenvalue weighted by atomic mass is 15.0. The lowest BCUT2D eigenvalue weighted by Crippen LogP contribution is -1.99. The van der Waals surface area contributed by atoms with Crippen LogP contribution in [0.2, 0.25) is 0 Å². The molecule has 6 nitrogen and oxygen atoms in total. The Morgan fingerprint density at radius 2 is 0.576 bits per heavy atom. The van der Waals surface area contributed by atoms with Crippen molar-refractivity contribution in [2.45, 2.75) is 0 Å². The molecule has 0 radical (unpaired) electrons. The summed E-state index contributed by atoms with van der Waals surface area (Å²) in [4.78, 5) is 11.3. The molecule has 0 amide bonds. The monoisotopic (exact) mass is 1170 g/mol.